The lowest BCUT2D eigenvalue weighted by Gasteiger charge is -2.18. The molecule has 0 radical (unpaired) electrons. The quantitative estimate of drug-likeness (QED) is 0.676. The van der Waals surface area contributed by atoms with E-state index in [1.165, 1.54) is 18.4 Å². The van der Waals surface area contributed by atoms with Crippen molar-refractivity contribution >= 4 is 11.6 Å². The fraction of sp³-hybridized carbons (Fsp3) is 0.389. The lowest BCUT2D eigenvalue weighted by molar-refractivity contribution is -0.142. The molecule has 27 heavy (non-hydrogen) atoms. The van der Waals surface area contributed by atoms with Crippen molar-refractivity contribution in [3.63, 3.8) is 0 Å². The molecule has 1 amide bonds. The first-order valence-electron chi connectivity index (χ1n) is 8.75. The van der Waals surface area contributed by atoms with Gasteiger partial charge in [0, 0.05) is 19.2 Å². The molecule has 142 valence electrons. The summed E-state index contributed by atoms with van der Waals surface area (Å²) in [6, 6.07) is 5.27. The van der Waals surface area contributed by atoms with Crippen LogP contribution in [0.4, 0.5) is 13.2 Å². The molecular formula is C18H17F3N4O2. The molecule has 0 aliphatic carbocycles. The third-order valence-electron chi connectivity index (χ3n) is 4.60. The normalized spacial score (nSPS) is 15.9. The molecule has 9 heteroatoms. The number of amides is 1. The number of halogens is 3. The van der Waals surface area contributed by atoms with E-state index in [-0.39, 0.29) is 28.7 Å². The van der Waals surface area contributed by atoms with Crippen molar-refractivity contribution in [2.24, 2.45) is 0 Å². The van der Waals surface area contributed by atoms with Gasteiger partial charge in [-0.1, -0.05) is 12.8 Å². The average Bonchev–Trinajstić information content (AvgIpc) is 3.23. The predicted molar refractivity (Wildman–Crippen MR) is 90.1 cm³/mol. The van der Waals surface area contributed by atoms with Crippen LogP contribution < -0.4 is 0 Å². The second-order valence-corrected chi connectivity index (χ2v) is 6.51. The van der Waals surface area contributed by atoms with Crippen molar-refractivity contribution in [2.45, 2.75) is 31.9 Å². The Morgan fingerprint density at radius 3 is 2.48 bits per heavy atom. The zero-order valence-corrected chi connectivity index (χ0v) is 14.4. The van der Waals surface area contributed by atoms with Gasteiger partial charge >= 0.3 is 6.18 Å². The largest absolute Gasteiger partial charge is 0.463 e. The lowest BCUT2D eigenvalue weighted by atomic mass is 10.2. The molecule has 1 fully saturated rings. The van der Waals surface area contributed by atoms with Gasteiger partial charge in [-0.3, -0.25) is 4.79 Å². The van der Waals surface area contributed by atoms with Crippen LogP contribution in [0.5, 0.6) is 0 Å². The van der Waals surface area contributed by atoms with Crippen LogP contribution in [-0.2, 0) is 6.18 Å². The van der Waals surface area contributed by atoms with Gasteiger partial charge < -0.3 is 9.32 Å². The highest BCUT2D eigenvalue weighted by molar-refractivity contribution is 5.93. The summed E-state index contributed by atoms with van der Waals surface area (Å²) in [4.78, 5) is 18.6. The first-order valence-corrected chi connectivity index (χ1v) is 8.75. The Morgan fingerprint density at radius 1 is 1.11 bits per heavy atom. The summed E-state index contributed by atoms with van der Waals surface area (Å²) in [6.07, 6.45) is 0.556. The van der Waals surface area contributed by atoms with E-state index < -0.39 is 11.9 Å². The van der Waals surface area contributed by atoms with Crippen LogP contribution >= 0.6 is 0 Å². The van der Waals surface area contributed by atoms with Crippen LogP contribution in [0.15, 0.2) is 34.9 Å². The molecule has 3 aromatic rings. The molecule has 3 aromatic heterocycles. The smallest absolute Gasteiger partial charge is 0.433 e. The molecule has 4 heterocycles. The van der Waals surface area contributed by atoms with Gasteiger partial charge in [-0.15, -0.1) is 0 Å². The number of nitrogens with zero attached hydrogens (tertiary/aromatic N) is 4. The molecule has 1 aliphatic heterocycles. The molecule has 0 bridgehead atoms. The Bertz CT molecular complexity index is 955. The lowest BCUT2D eigenvalue weighted by Crippen LogP contribution is -2.32. The van der Waals surface area contributed by atoms with E-state index in [1.807, 2.05) is 0 Å². The number of aromatic nitrogens is 3. The Morgan fingerprint density at radius 2 is 1.85 bits per heavy atom. The summed E-state index contributed by atoms with van der Waals surface area (Å²) >= 11 is 0. The molecule has 0 spiro atoms. The van der Waals surface area contributed by atoms with E-state index in [4.69, 9.17) is 4.42 Å². The number of carbonyl (C=O) groups is 1. The van der Waals surface area contributed by atoms with Crippen molar-refractivity contribution in [1.82, 2.24) is 19.5 Å². The zero-order valence-electron chi connectivity index (χ0n) is 14.4. The van der Waals surface area contributed by atoms with E-state index in [9.17, 15) is 18.0 Å². The highest BCUT2D eigenvalue weighted by Gasteiger charge is 2.36. The zero-order chi connectivity index (χ0) is 19.0. The van der Waals surface area contributed by atoms with Gasteiger partial charge in [0.2, 0.25) is 0 Å². The van der Waals surface area contributed by atoms with Crippen LogP contribution in [0.2, 0.25) is 0 Å². The van der Waals surface area contributed by atoms with E-state index in [0.717, 1.165) is 31.7 Å². The number of fused-ring (bicyclic) bond motifs is 1. The molecule has 1 saturated heterocycles. The van der Waals surface area contributed by atoms with Crippen LogP contribution in [-0.4, -0.2) is 38.5 Å². The summed E-state index contributed by atoms with van der Waals surface area (Å²) in [5, 5.41) is 3.92. The molecule has 0 saturated carbocycles. The van der Waals surface area contributed by atoms with Crippen molar-refractivity contribution in [2.75, 3.05) is 13.1 Å². The number of furan rings is 1. The molecular weight excluding hydrogens is 361 g/mol. The van der Waals surface area contributed by atoms with E-state index >= 15 is 0 Å². The third-order valence-corrected chi connectivity index (χ3v) is 4.60. The summed E-state index contributed by atoms with van der Waals surface area (Å²) in [5.74, 6) is -0.153. The van der Waals surface area contributed by atoms with E-state index in [1.54, 1.807) is 11.0 Å². The van der Waals surface area contributed by atoms with Gasteiger partial charge in [-0.2, -0.15) is 18.3 Å². The molecule has 6 nitrogen and oxygen atoms in total. The average molecular weight is 378 g/mol. The predicted octanol–water partition coefficient (Wildman–Crippen LogP) is 4.02. The van der Waals surface area contributed by atoms with Gasteiger partial charge in [-0.05, 0) is 31.0 Å². The Balaban J connectivity index is 1.79. The standard InChI is InChI=1S/C18H17F3N4O2/c19-18(20,21)15-10-12(14-6-5-9-27-14)22-16-11-13(23-25(15)16)17(26)24-7-3-1-2-4-8-24/h5-6,9-11H,1-4,7-8H2. The maximum absolute atomic E-state index is 13.5. The topological polar surface area (TPSA) is 63.6 Å². The Labute approximate surface area is 152 Å². The monoisotopic (exact) mass is 378 g/mol. The van der Waals surface area contributed by atoms with Crippen LogP contribution in [0.1, 0.15) is 41.9 Å². The van der Waals surface area contributed by atoms with Crippen LogP contribution in [0, 0.1) is 0 Å². The number of likely N-dealkylation sites (tertiary alicyclic amines) is 1. The van der Waals surface area contributed by atoms with E-state index in [2.05, 4.69) is 10.1 Å². The second-order valence-electron chi connectivity index (χ2n) is 6.51. The van der Waals surface area contributed by atoms with Crippen LogP contribution in [0.25, 0.3) is 17.1 Å². The number of carbonyl (C=O) groups excluding carboxylic acids is 1. The highest BCUT2D eigenvalue weighted by Crippen LogP contribution is 2.32. The van der Waals surface area contributed by atoms with Crippen LogP contribution in [0.3, 0.4) is 0 Å². The second kappa shape index (κ2) is 6.71. The minimum Gasteiger partial charge on any atom is -0.463 e. The third kappa shape index (κ3) is 3.41. The fourth-order valence-corrected chi connectivity index (χ4v) is 3.27. The van der Waals surface area contributed by atoms with Gasteiger partial charge in [0.15, 0.2) is 22.8 Å². The summed E-state index contributed by atoms with van der Waals surface area (Å²) in [7, 11) is 0. The Kier molecular flexibility index (Phi) is 4.37. The first-order chi connectivity index (χ1) is 12.9. The van der Waals surface area contributed by atoms with Crippen molar-refractivity contribution in [3.8, 4) is 11.5 Å². The summed E-state index contributed by atoms with van der Waals surface area (Å²) in [5.41, 5.74) is -1.05. The Hall–Kier alpha value is -2.84. The maximum Gasteiger partial charge on any atom is 0.433 e. The maximum atomic E-state index is 13.5. The minimum absolute atomic E-state index is 0.0356. The number of hydrogen-bond acceptors (Lipinski definition) is 4. The van der Waals surface area contributed by atoms with Crippen molar-refractivity contribution in [3.05, 3.63) is 41.9 Å². The molecule has 0 aromatic carbocycles. The molecule has 0 unspecified atom stereocenters. The van der Waals surface area contributed by atoms with Gasteiger partial charge in [0.25, 0.3) is 5.91 Å². The summed E-state index contributed by atoms with van der Waals surface area (Å²) in [6.45, 7) is 1.17. The minimum atomic E-state index is -4.66. The van der Waals surface area contributed by atoms with Gasteiger partial charge in [-0.25, -0.2) is 9.50 Å². The van der Waals surface area contributed by atoms with Gasteiger partial charge in [0.1, 0.15) is 5.69 Å². The SMILES string of the molecule is O=C(c1cc2nc(-c3ccco3)cc(C(F)(F)F)n2n1)N1CCCCCC1. The number of alkyl halides is 3. The van der Waals surface area contributed by atoms with E-state index in [0.29, 0.717) is 17.6 Å². The number of hydrogen-bond donors (Lipinski definition) is 0. The molecule has 0 atom stereocenters. The first kappa shape index (κ1) is 17.6. The van der Waals surface area contributed by atoms with Gasteiger partial charge in [0.05, 0.1) is 6.26 Å². The van der Waals surface area contributed by atoms with Crippen molar-refractivity contribution < 1.29 is 22.4 Å². The summed E-state index contributed by atoms with van der Waals surface area (Å²) < 4.78 is 46.5. The molecule has 1 aliphatic rings. The highest BCUT2D eigenvalue weighted by atomic mass is 19.4. The molecule has 0 N–H and O–H groups in total. The number of rotatable bonds is 2. The fourth-order valence-electron chi connectivity index (χ4n) is 3.27. The van der Waals surface area contributed by atoms with Crippen molar-refractivity contribution in [1.29, 1.82) is 0 Å². The molecule has 4 rings (SSSR count).